The Morgan fingerprint density at radius 2 is 1.00 bits per heavy atom. The Labute approximate surface area is 140 Å². The van der Waals surface area contributed by atoms with Gasteiger partial charge in [0.15, 0.2) is 0 Å². The van der Waals surface area contributed by atoms with Crippen molar-refractivity contribution in [3.63, 3.8) is 0 Å². The van der Waals surface area contributed by atoms with Crippen molar-refractivity contribution in [2.45, 2.75) is 0 Å². The summed E-state index contributed by atoms with van der Waals surface area (Å²) >= 11 is 0.728. The molecule has 4 nitrogen and oxygen atoms in total. The van der Waals surface area contributed by atoms with Crippen molar-refractivity contribution in [1.82, 2.24) is 10.6 Å². The van der Waals surface area contributed by atoms with E-state index in [4.69, 9.17) is 0 Å². The van der Waals surface area contributed by atoms with Crippen LogP contribution in [0.4, 0.5) is 0 Å². The van der Waals surface area contributed by atoms with E-state index in [0.29, 0.717) is 37.4 Å². The number of hydrogen-bond acceptors (Lipinski definition) is 2. The predicted octanol–water partition coefficient (Wildman–Crippen LogP) is -0.320. The summed E-state index contributed by atoms with van der Waals surface area (Å²) in [6.07, 6.45) is 0. The molecule has 0 aliphatic carbocycles. The Kier molecular flexibility index (Phi) is 6.22. The fourth-order valence-electron chi connectivity index (χ4n) is 1.71. The maximum atomic E-state index is 11.5. The van der Waals surface area contributed by atoms with Crippen molar-refractivity contribution < 1.29 is 9.59 Å². The molecule has 2 rings (SSSR count). The van der Waals surface area contributed by atoms with E-state index in [9.17, 15) is 9.59 Å². The van der Waals surface area contributed by atoms with E-state index in [-0.39, 0.29) is 11.8 Å². The molecule has 0 saturated heterocycles. The summed E-state index contributed by atoms with van der Waals surface area (Å²) in [6, 6.07) is 15.5. The van der Waals surface area contributed by atoms with Gasteiger partial charge in [0, 0.05) is 0 Å². The van der Waals surface area contributed by atoms with Gasteiger partial charge in [-0.3, -0.25) is 0 Å². The number of hydrogen-bond donors (Lipinski definition) is 2. The van der Waals surface area contributed by atoms with Crippen LogP contribution in [-0.4, -0.2) is 52.2 Å². The number of benzene rings is 2. The summed E-state index contributed by atoms with van der Waals surface area (Å²) < 4.78 is 2.55. The van der Waals surface area contributed by atoms with Crippen LogP contribution < -0.4 is 19.6 Å². The zero-order valence-corrected chi connectivity index (χ0v) is 15.7. The van der Waals surface area contributed by atoms with Crippen molar-refractivity contribution in [2.24, 2.45) is 0 Å². The van der Waals surface area contributed by atoms with Crippen molar-refractivity contribution in [1.29, 1.82) is 0 Å². The second kappa shape index (κ2) is 8.16. The zero-order valence-electron chi connectivity index (χ0n) is 12.3. The first-order chi connectivity index (χ1) is 10.6. The minimum atomic E-state index is -0.0608. The van der Waals surface area contributed by atoms with Crippen LogP contribution in [0.3, 0.4) is 0 Å². The molecule has 0 unspecified atom stereocenters. The Balaban J connectivity index is 1.95. The first-order valence-corrected chi connectivity index (χ1v) is 12.7. The van der Waals surface area contributed by atoms with Crippen LogP contribution in [0, 0.1) is 0 Å². The van der Waals surface area contributed by atoms with Crippen molar-refractivity contribution >= 4 is 47.0 Å². The molecular formula is C16H16N2O2Se2. The second-order valence-electron chi connectivity index (χ2n) is 4.37. The standard InChI is InChI=1S/C16H16N2O2Se2/c1-17-15(19)11-3-7-13(8-4-11)21-22-14-9-5-12(6-10-14)16(20)18-2/h3-10H,1-2H3,(H,17,19)(H,18,20). The van der Waals surface area contributed by atoms with Crippen LogP contribution in [0.2, 0.25) is 0 Å². The van der Waals surface area contributed by atoms with Gasteiger partial charge >= 0.3 is 141 Å². The van der Waals surface area contributed by atoms with E-state index in [2.05, 4.69) is 10.6 Å². The average Bonchev–Trinajstić information content (AvgIpc) is 2.59. The van der Waals surface area contributed by atoms with E-state index < -0.39 is 0 Å². The molecule has 0 fully saturated rings. The summed E-state index contributed by atoms with van der Waals surface area (Å²) in [5, 5.41) is 5.23. The molecule has 0 aliphatic heterocycles. The third-order valence-corrected chi connectivity index (χ3v) is 10.2. The van der Waals surface area contributed by atoms with Crippen molar-refractivity contribution in [3.05, 3.63) is 59.7 Å². The van der Waals surface area contributed by atoms with E-state index in [1.54, 1.807) is 14.1 Å². The summed E-state index contributed by atoms with van der Waals surface area (Å²) in [7, 11) is 3.26. The zero-order chi connectivity index (χ0) is 15.9. The first-order valence-electron chi connectivity index (χ1n) is 6.63. The molecule has 0 spiro atoms. The number of nitrogens with one attached hydrogen (secondary N) is 2. The van der Waals surface area contributed by atoms with Crippen LogP contribution in [0.15, 0.2) is 48.5 Å². The molecule has 22 heavy (non-hydrogen) atoms. The molecule has 0 bridgehead atoms. The van der Waals surface area contributed by atoms with Crippen molar-refractivity contribution in [3.8, 4) is 0 Å². The number of rotatable bonds is 5. The van der Waals surface area contributed by atoms with Gasteiger partial charge in [-0.05, 0) is 0 Å². The fourth-order valence-corrected chi connectivity index (χ4v) is 7.67. The number of amides is 2. The van der Waals surface area contributed by atoms with Crippen LogP contribution in [0.1, 0.15) is 20.7 Å². The third-order valence-electron chi connectivity index (χ3n) is 2.92. The van der Waals surface area contributed by atoms with E-state index >= 15 is 0 Å². The summed E-state index contributed by atoms with van der Waals surface area (Å²) in [6.45, 7) is 0. The van der Waals surface area contributed by atoms with E-state index in [0.717, 1.165) is 0 Å². The van der Waals surface area contributed by atoms with Gasteiger partial charge in [-0.25, -0.2) is 0 Å². The van der Waals surface area contributed by atoms with E-state index in [1.807, 2.05) is 48.5 Å². The SMILES string of the molecule is CNC(=O)c1ccc([Se][Se]c2ccc(C(=O)NC)cc2)cc1. The monoisotopic (exact) mass is 428 g/mol. The summed E-state index contributed by atoms with van der Waals surface area (Å²) in [5.41, 5.74) is 1.37. The van der Waals surface area contributed by atoms with Gasteiger partial charge in [-0.15, -0.1) is 0 Å². The Bertz CT molecular complexity index is 595. The van der Waals surface area contributed by atoms with Gasteiger partial charge in [0.1, 0.15) is 0 Å². The average molecular weight is 426 g/mol. The molecule has 0 atom stereocenters. The van der Waals surface area contributed by atoms with Gasteiger partial charge in [0.05, 0.1) is 0 Å². The van der Waals surface area contributed by atoms with Crippen LogP contribution in [0.25, 0.3) is 0 Å². The summed E-state index contributed by atoms with van der Waals surface area (Å²) in [5.74, 6) is -0.122. The molecular weight excluding hydrogens is 410 g/mol. The number of carbonyl (C=O) groups excluding carboxylic acids is 2. The molecule has 2 aromatic rings. The summed E-state index contributed by atoms with van der Waals surface area (Å²) in [4.78, 5) is 23.0. The molecule has 114 valence electrons. The molecule has 0 radical (unpaired) electrons. The molecule has 2 amide bonds. The van der Waals surface area contributed by atoms with Gasteiger partial charge in [-0.1, -0.05) is 0 Å². The normalized spacial score (nSPS) is 10.1. The van der Waals surface area contributed by atoms with Gasteiger partial charge in [-0.2, -0.15) is 0 Å². The van der Waals surface area contributed by atoms with Crippen LogP contribution >= 0.6 is 0 Å². The molecule has 0 aromatic heterocycles. The van der Waals surface area contributed by atoms with Gasteiger partial charge in [0.2, 0.25) is 0 Å². The third kappa shape index (κ3) is 4.45. The van der Waals surface area contributed by atoms with Gasteiger partial charge < -0.3 is 0 Å². The molecule has 6 heteroatoms. The first kappa shape index (κ1) is 16.8. The molecule has 0 saturated carbocycles. The Morgan fingerprint density at radius 1 is 0.682 bits per heavy atom. The van der Waals surface area contributed by atoms with Crippen molar-refractivity contribution in [2.75, 3.05) is 14.1 Å². The fraction of sp³-hybridized carbons (Fsp3) is 0.125. The predicted molar refractivity (Wildman–Crippen MR) is 90.4 cm³/mol. The van der Waals surface area contributed by atoms with E-state index in [1.165, 1.54) is 8.92 Å². The Hall–Kier alpha value is -1.58. The maximum absolute atomic E-state index is 11.5. The molecule has 2 aromatic carbocycles. The van der Waals surface area contributed by atoms with Crippen LogP contribution in [0.5, 0.6) is 0 Å². The minimum absolute atomic E-state index is 0.0608. The Morgan fingerprint density at radius 3 is 1.27 bits per heavy atom. The topological polar surface area (TPSA) is 58.2 Å². The molecule has 0 aliphatic rings. The van der Waals surface area contributed by atoms with Gasteiger partial charge in [0.25, 0.3) is 0 Å². The second-order valence-corrected chi connectivity index (χ2v) is 10.7. The molecule has 2 N–H and O–H groups in total. The quantitative estimate of drug-likeness (QED) is 0.645. The molecule has 0 heterocycles. The number of carbonyl (C=O) groups is 2. The van der Waals surface area contributed by atoms with Crippen LogP contribution in [-0.2, 0) is 0 Å².